The number of halogens is 1. The minimum absolute atomic E-state index is 0.0444. The molecule has 24 heavy (non-hydrogen) atoms. The number of esters is 1. The number of methoxy groups -OCH3 is 1. The SMILES string of the molecule is COC(=O)[C@H](CNC(=O)c1cc(C2CC2)[nH]n1)c1ccc(F)cc1. The fraction of sp³-hybridized carbons (Fsp3) is 0.353. The Bertz CT molecular complexity index is 738. The number of benzene rings is 1. The molecule has 1 saturated carbocycles. The van der Waals surface area contributed by atoms with E-state index in [-0.39, 0.29) is 12.5 Å². The first-order valence-electron chi connectivity index (χ1n) is 7.75. The first-order valence-corrected chi connectivity index (χ1v) is 7.75. The summed E-state index contributed by atoms with van der Waals surface area (Å²) in [4.78, 5) is 24.2. The van der Waals surface area contributed by atoms with Gasteiger partial charge in [-0.2, -0.15) is 5.10 Å². The van der Waals surface area contributed by atoms with E-state index in [1.54, 1.807) is 6.07 Å². The van der Waals surface area contributed by atoms with Crippen molar-refractivity contribution < 1.29 is 18.7 Å². The number of nitrogens with zero attached hydrogens (tertiary/aromatic N) is 1. The van der Waals surface area contributed by atoms with Crippen molar-refractivity contribution in [1.29, 1.82) is 0 Å². The van der Waals surface area contributed by atoms with E-state index in [0.29, 0.717) is 17.2 Å². The lowest BCUT2D eigenvalue weighted by Crippen LogP contribution is -2.32. The van der Waals surface area contributed by atoms with Crippen LogP contribution < -0.4 is 5.32 Å². The molecule has 0 unspecified atom stereocenters. The van der Waals surface area contributed by atoms with Crippen LogP contribution in [0.4, 0.5) is 4.39 Å². The number of carbonyl (C=O) groups is 2. The number of carbonyl (C=O) groups excluding carboxylic acids is 2. The zero-order valence-corrected chi connectivity index (χ0v) is 13.2. The van der Waals surface area contributed by atoms with Gasteiger partial charge >= 0.3 is 5.97 Å². The lowest BCUT2D eigenvalue weighted by Gasteiger charge is -2.15. The van der Waals surface area contributed by atoms with Gasteiger partial charge in [0.15, 0.2) is 0 Å². The normalized spacial score (nSPS) is 14.9. The molecular weight excluding hydrogens is 313 g/mol. The average molecular weight is 331 g/mol. The minimum atomic E-state index is -0.707. The van der Waals surface area contributed by atoms with Crippen LogP contribution in [0.1, 0.15) is 46.4 Å². The molecule has 1 heterocycles. The van der Waals surface area contributed by atoms with Crippen molar-refractivity contribution in [2.45, 2.75) is 24.7 Å². The largest absolute Gasteiger partial charge is 0.468 e. The van der Waals surface area contributed by atoms with E-state index in [4.69, 9.17) is 4.74 Å². The molecule has 6 nitrogen and oxygen atoms in total. The third-order valence-electron chi connectivity index (χ3n) is 4.07. The average Bonchev–Trinajstić information content (AvgIpc) is 3.33. The summed E-state index contributed by atoms with van der Waals surface area (Å²) in [7, 11) is 1.27. The van der Waals surface area contributed by atoms with Gasteiger partial charge in [-0.25, -0.2) is 4.39 Å². The molecule has 126 valence electrons. The highest BCUT2D eigenvalue weighted by molar-refractivity contribution is 5.93. The maximum Gasteiger partial charge on any atom is 0.314 e. The molecule has 1 aliphatic rings. The van der Waals surface area contributed by atoms with Crippen LogP contribution in [0.5, 0.6) is 0 Å². The van der Waals surface area contributed by atoms with Crippen molar-refractivity contribution in [1.82, 2.24) is 15.5 Å². The lowest BCUT2D eigenvalue weighted by molar-refractivity contribution is -0.142. The van der Waals surface area contributed by atoms with Gasteiger partial charge in [0.25, 0.3) is 5.91 Å². The molecule has 2 N–H and O–H groups in total. The van der Waals surface area contributed by atoms with Crippen LogP contribution in [0.3, 0.4) is 0 Å². The highest BCUT2D eigenvalue weighted by Crippen LogP contribution is 2.38. The second kappa shape index (κ2) is 6.82. The first kappa shape index (κ1) is 16.2. The van der Waals surface area contributed by atoms with E-state index in [1.165, 1.54) is 31.4 Å². The van der Waals surface area contributed by atoms with E-state index in [2.05, 4.69) is 15.5 Å². The molecule has 0 bridgehead atoms. The van der Waals surface area contributed by atoms with Crippen molar-refractivity contribution in [3.63, 3.8) is 0 Å². The molecule has 3 rings (SSSR count). The second-order valence-electron chi connectivity index (χ2n) is 5.82. The summed E-state index contributed by atoms with van der Waals surface area (Å²) < 4.78 is 17.8. The lowest BCUT2D eigenvalue weighted by atomic mass is 9.99. The Hall–Kier alpha value is -2.70. The third kappa shape index (κ3) is 3.61. The Labute approximate surface area is 138 Å². The molecule has 1 atom stereocenters. The maximum atomic E-state index is 13.0. The van der Waals surface area contributed by atoms with Crippen LogP contribution in [-0.2, 0) is 9.53 Å². The Balaban J connectivity index is 1.66. The first-order chi connectivity index (χ1) is 11.6. The monoisotopic (exact) mass is 331 g/mol. The summed E-state index contributed by atoms with van der Waals surface area (Å²) in [5.74, 6) is -1.49. The van der Waals surface area contributed by atoms with Crippen LogP contribution in [-0.4, -0.2) is 35.7 Å². The zero-order valence-electron chi connectivity index (χ0n) is 13.2. The number of nitrogens with one attached hydrogen (secondary N) is 2. The van der Waals surface area contributed by atoms with E-state index >= 15 is 0 Å². The Morgan fingerprint density at radius 3 is 2.71 bits per heavy atom. The topological polar surface area (TPSA) is 84.1 Å². The van der Waals surface area contributed by atoms with Gasteiger partial charge in [-0.1, -0.05) is 12.1 Å². The summed E-state index contributed by atoms with van der Waals surface area (Å²) >= 11 is 0. The van der Waals surface area contributed by atoms with Gasteiger partial charge in [-0.3, -0.25) is 14.7 Å². The van der Waals surface area contributed by atoms with Crippen molar-refractivity contribution in [3.8, 4) is 0 Å². The van der Waals surface area contributed by atoms with Gasteiger partial charge < -0.3 is 10.1 Å². The highest BCUT2D eigenvalue weighted by atomic mass is 19.1. The van der Waals surface area contributed by atoms with E-state index in [0.717, 1.165) is 18.5 Å². The van der Waals surface area contributed by atoms with Crippen LogP contribution in [0.15, 0.2) is 30.3 Å². The molecule has 7 heteroatoms. The molecule has 0 aliphatic heterocycles. The van der Waals surface area contributed by atoms with Crippen molar-refractivity contribution in [2.24, 2.45) is 0 Å². The summed E-state index contributed by atoms with van der Waals surface area (Å²) in [5, 5.41) is 9.55. The van der Waals surface area contributed by atoms with E-state index in [1.807, 2.05) is 0 Å². The van der Waals surface area contributed by atoms with Crippen LogP contribution in [0.25, 0.3) is 0 Å². The van der Waals surface area contributed by atoms with Crippen LogP contribution >= 0.6 is 0 Å². The van der Waals surface area contributed by atoms with E-state index in [9.17, 15) is 14.0 Å². The quantitative estimate of drug-likeness (QED) is 0.794. The number of rotatable bonds is 6. The van der Waals surface area contributed by atoms with Crippen LogP contribution in [0.2, 0.25) is 0 Å². The predicted molar refractivity (Wildman–Crippen MR) is 84.1 cm³/mol. The second-order valence-corrected chi connectivity index (χ2v) is 5.82. The van der Waals surface area contributed by atoms with Gasteiger partial charge in [0.1, 0.15) is 11.5 Å². The Morgan fingerprint density at radius 1 is 1.38 bits per heavy atom. The van der Waals surface area contributed by atoms with Gasteiger partial charge in [0.05, 0.1) is 13.0 Å². The summed E-state index contributed by atoms with van der Waals surface area (Å²) in [6.45, 7) is 0.0444. The Kier molecular flexibility index (Phi) is 4.59. The molecule has 0 radical (unpaired) electrons. The van der Waals surface area contributed by atoms with Gasteiger partial charge in [-0.05, 0) is 36.6 Å². The van der Waals surface area contributed by atoms with Crippen molar-refractivity contribution in [3.05, 3.63) is 53.1 Å². The maximum absolute atomic E-state index is 13.0. The number of hydrogen-bond donors (Lipinski definition) is 2. The fourth-order valence-electron chi connectivity index (χ4n) is 2.52. The summed E-state index contributed by atoms with van der Waals surface area (Å²) in [5.41, 5.74) is 1.83. The molecule has 1 aromatic heterocycles. The number of H-pyrrole nitrogens is 1. The molecule has 1 amide bonds. The standard InChI is InChI=1S/C17H18FN3O3/c1-24-17(23)13(10-4-6-12(18)7-5-10)9-19-16(22)15-8-14(20-21-15)11-2-3-11/h4-8,11,13H,2-3,9H2,1H3,(H,19,22)(H,20,21)/t13-/m1/s1. The van der Waals surface area contributed by atoms with Crippen LogP contribution in [0, 0.1) is 5.82 Å². The number of aromatic amines is 1. The highest BCUT2D eigenvalue weighted by Gasteiger charge is 2.27. The number of ether oxygens (including phenoxy) is 1. The molecule has 1 fully saturated rings. The molecule has 1 aromatic carbocycles. The Morgan fingerprint density at radius 2 is 2.08 bits per heavy atom. The molecule has 2 aromatic rings. The van der Waals surface area contributed by atoms with Crippen molar-refractivity contribution in [2.75, 3.05) is 13.7 Å². The molecule has 1 aliphatic carbocycles. The summed E-state index contributed by atoms with van der Waals surface area (Å²) in [6.07, 6.45) is 2.22. The van der Waals surface area contributed by atoms with E-state index < -0.39 is 17.7 Å². The number of hydrogen-bond acceptors (Lipinski definition) is 4. The fourth-order valence-corrected chi connectivity index (χ4v) is 2.52. The van der Waals surface area contributed by atoms with Crippen molar-refractivity contribution >= 4 is 11.9 Å². The smallest absolute Gasteiger partial charge is 0.314 e. The number of aromatic nitrogens is 2. The van der Waals surface area contributed by atoms with Gasteiger partial charge in [0.2, 0.25) is 0 Å². The molecule has 0 saturated heterocycles. The molecule has 0 spiro atoms. The number of amides is 1. The van der Waals surface area contributed by atoms with Gasteiger partial charge in [-0.15, -0.1) is 0 Å². The molecular formula is C17H18FN3O3. The predicted octanol–water partition coefficient (Wildman–Crippen LogP) is 2.11. The summed E-state index contributed by atoms with van der Waals surface area (Å²) in [6, 6.07) is 7.27. The third-order valence-corrected chi connectivity index (χ3v) is 4.07. The zero-order chi connectivity index (χ0) is 17.1. The minimum Gasteiger partial charge on any atom is -0.468 e. The van der Waals surface area contributed by atoms with Gasteiger partial charge in [0, 0.05) is 18.2 Å².